The molecule has 1 aliphatic rings. The van der Waals surface area contributed by atoms with E-state index in [9.17, 15) is 13.2 Å². The highest BCUT2D eigenvalue weighted by atomic mass is 19.4. The molecule has 0 aromatic carbocycles. The molecule has 0 radical (unpaired) electrons. The third-order valence-electron chi connectivity index (χ3n) is 4.49. The van der Waals surface area contributed by atoms with Gasteiger partial charge in [-0.3, -0.25) is 0 Å². The van der Waals surface area contributed by atoms with E-state index >= 15 is 0 Å². The fraction of sp³-hybridized carbons (Fsp3) is 0.611. The number of nitrogens with two attached hydrogens (primary N) is 1. The lowest BCUT2D eigenvalue weighted by Gasteiger charge is -2.33. The maximum absolute atomic E-state index is 13.2. The van der Waals surface area contributed by atoms with E-state index in [0.717, 1.165) is 25.7 Å². The second kappa shape index (κ2) is 7.10. The zero-order valence-corrected chi connectivity index (χ0v) is 15.6. The summed E-state index contributed by atoms with van der Waals surface area (Å²) >= 11 is 0. The zero-order chi connectivity index (χ0) is 19.8. The first-order valence-electron chi connectivity index (χ1n) is 8.96. The highest BCUT2D eigenvalue weighted by Gasteiger charge is 2.34. The Labute approximate surface area is 155 Å². The monoisotopic (exact) mass is 383 g/mol. The number of nitrogen functional groups attached to an aromatic ring is 1. The number of rotatable bonds is 3. The normalized spacial score (nSPS) is 21.4. The molecule has 148 valence electrons. The van der Waals surface area contributed by atoms with Crippen molar-refractivity contribution in [2.75, 3.05) is 11.1 Å². The van der Waals surface area contributed by atoms with Gasteiger partial charge in [0.05, 0.1) is 22.6 Å². The van der Waals surface area contributed by atoms with Gasteiger partial charge in [-0.2, -0.15) is 13.2 Å². The summed E-state index contributed by atoms with van der Waals surface area (Å²) in [5.41, 5.74) is 4.33. The molecular formula is C18H24F3N5O. The fourth-order valence-corrected chi connectivity index (χ4v) is 3.32. The van der Waals surface area contributed by atoms with Crippen molar-refractivity contribution in [2.24, 2.45) is 0 Å². The Morgan fingerprint density at radius 3 is 2.33 bits per heavy atom. The Hall–Kier alpha value is -2.16. The van der Waals surface area contributed by atoms with Crippen molar-refractivity contribution in [3.8, 4) is 0 Å². The molecule has 3 rings (SSSR count). The van der Waals surface area contributed by atoms with E-state index in [1.807, 2.05) is 20.8 Å². The average molecular weight is 383 g/mol. The molecule has 9 heteroatoms. The van der Waals surface area contributed by atoms with Gasteiger partial charge >= 0.3 is 6.18 Å². The molecule has 1 saturated carbocycles. The molecular weight excluding hydrogens is 359 g/mol. The molecule has 1 fully saturated rings. The number of hydrogen-bond acceptors (Lipinski definition) is 6. The standard InChI is InChI=1S/C18H24F3N5O/c1-17(2,3)27-11-6-4-10(5-7-11)25-16-24-8-12-14(26-16)13(18(19,20)21)9-23-15(12)22/h8-11H,4-7H2,1-3H3,(H2,22,23)(H,24,25,26). The molecule has 0 bridgehead atoms. The number of alkyl halides is 3. The van der Waals surface area contributed by atoms with Gasteiger partial charge in [0.15, 0.2) is 0 Å². The first kappa shape index (κ1) is 19.6. The topological polar surface area (TPSA) is 86.0 Å². The van der Waals surface area contributed by atoms with E-state index in [1.54, 1.807) is 0 Å². The van der Waals surface area contributed by atoms with Crippen LogP contribution in [-0.2, 0) is 10.9 Å². The molecule has 2 aromatic heterocycles. The predicted molar refractivity (Wildman–Crippen MR) is 97.3 cm³/mol. The van der Waals surface area contributed by atoms with E-state index in [2.05, 4.69) is 20.3 Å². The summed E-state index contributed by atoms with van der Waals surface area (Å²) in [5.74, 6) is 0.142. The summed E-state index contributed by atoms with van der Waals surface area (Å²) in [7, 11) is 0. The van der Waals surface area contributed by atoms with Crippen LogP contribution in [0.4, 0.5) is 24.9 Å². The molecule has 2 heterocycles. The molecule has 6 nitrogen and oxygen atoms in total. The van der Waals surface area contributed by atoms with Crippen molar-refractivity contribution < 1.29 is 17.9 Å². The van der Waals surface area contributed by atoms with Crippen molar-refractivity contribution in [1.29, 1.82) is 0 Å². The van der Waals surface area contributed by atoms with E-state index in [0.29, 0.717) is 6.20 Å². The van der Waals surface area contributed by atoms with Gasteiger partial charge in [0, 0.05) is 18.4 Å². The third-order valence-corrected chi connectivity index (χ3v) is 4.49. The summed E-state index contributed by atoms with van der Waals surface area (Å²) in [4.78, 5) is 11.8. The van der Waals surface area contributed by atoms with Gasteiger partial charge in [0.2, 0.25) is 5.95 Å². The summed E-state index contributed by atoms with van der Waals surface area (Å²) < 4.78 is 45.7. The molecule has 1 aliphatic carbocycles. The number of anilines is 2. The number of aromatic nitrogens is 3. The molecule has 0 aliphatic heterocycles. The Kier molecular flexibility index (Phi) is 5.16. The minimum Gasteiger partial charge on any atom is -0.383 e. The minimum absolute atomic E-state index is 0.0237. The van der Waals surface area contributed by atoms with Crippen LogP contribution in [0.1, 0.15) is 52.0 Å². The molecule has 0 unspecified atom stereocenters. The number of fused-ring (bicyclic) bond motifs is 1. The highest BCUT2D eigenvalue weighted by Crippen LogP contribution is 2.35. The molecule has 2 aromatic rings. The maximum atomic E-state index is 13.2. The van der Waals surface area contributed by atoms with Crippen LogP contribution >= 0.6 is 0 Å². The summed E-state index contributed by atoms with van der Waals surface area (Å²) in [6.07, 6.45) is 1.08. The molecule has 0 amide bonds. The van der Waals surface area contributed by atoms with E-state index < -0.39 is 11.7 Å². The van der Waals surface area contributed by atoms with Crippen LogP contribution in [0.5, 0.6) is 0 Å². The van der Waals surface area contributed by atoms with Crippen LogP contribution in [0, 0.1) is 0 Å². The van der Waals surface area contributed by atoms with Gasteiger partial charge in [-0.05, 0) is 46.5 Å². The predicted octanol–water partition coefficient (Wildman–Crippen LogP) is 4.16. The lowest BCUT2D eigenvalue weighted by atomic mass is 9.92. The SMILES string of the molecule is CC(C)(C)OC1CCC(Nc2ncc3c(N)ncc(C(F)(F)F)c3n2)CC1. The molecule has 0 saturated heterocycles. The smallest absolute Gasteiger partial charge is 0.383 e. The second-order valence-corrected chi connectivity index (χ2v) is 7.86. The number of nitrogens with zero attached hydrogens (tertiary/aromatic N) is 3. The number of ether oxygens (including phenoxy) is 1. The van der Waals surface area contributed by atoms with Gasteiger partial charge in [-0.1, -0.05) is 0 Å². The highest BCUT2D eigenvalue weighted by molar-refractivity contribution is 5.90. The number of pyridine rings is 1. The van der Waals surface area contributed by atoms with Crippen LogP contribution in [0.25, 0.3) is 10.9 Å². The van der Waals surface area contributed by atoms with Crippen molar-refractivity contribution in [3.63, 3.8) is 0 Å². The van der Waals surface area contributed by atoms with Gasteiger partial charge in [0.25, 0.3) is 0 Å². The Balaban J connectivity index is 1.75. The Morgan fingerprint density at radius 1 is 1.07 bits per heavy atom. The lowest BCUT2D eigenvalue weighted by Crippen LogP contribution is -2.34. The van der Waals surface area contributed by atoms with Crippen LogP contribution in [0.2, 0.25) is 0 Å². The van der Waals surface area contributed by atoms with Crippen LogP contribution in [0.3, 0.4) is 0 Å². The number of hydrogen-bond donors (Lipinski definition) is 2. The average Bonchev–Trinajstić information content (AvgIpc) is 2.54. The minimum atomic E-state index is -4.56. The third kappa shape index (κ3) is 4.77. The van der Waals surface area contributed by atoms with Gasteiger partial charge in [-0.25, -0.2) is 15.0 Å². The summed E-state index contributed by atoms with van der Waals surface area (Å²) in [6, 6.07) is 0.0933. The lowest BCUT2D eigenvalue weighted by molar-refractivity contribution is -0.136. The van der Waals surface area contributed by atoms with Gasteiger partial charge in [-0.15, -0.1) is 0 Å². The first-order valence-corrected chi connectivity index (χ1v) is 8.96. The fourth-order valence-electron chi connectivity index (χ4n) is 3.32. The van der Waals surface area contributed by atoms with Crippen molar-refractivity contribution >= 4 is 22.7 Å². The van der Waals surface area contributed by atoms with Crippen molar-refractivity contribution in [1.82, 2.24) is 15.0 Å². The van der Waals surface area contributed by atoms with E-state index in [1.165, 1.54) is 6.20 Å². The number of nitrogens with one attached hydrogen (secondary N) is 1. The van der Waals surface area contributed by atoms with Crippen LogP contribution in [-0.4, -0.2) is 32.7 Å². The maximum Gasteiger partial charge on any atom is 0.419 e. The zero-order valence-electron chi connectivity index (χ0n) is 15.6. The van der Waals surface area contributed by atoms with Crippen LogP contribution in [0.15, 0.2) is 12.4 Å². The van der Waals surface area contributed by atoms with Crippen molar-refractivity contribution in [3.05, 3.63) is 18.0 Å². The number of halogens is 3. The largest absolute Gasteiger partial charge is 0.419 e. The Morgan fingerprint density at radius 2 is 1.74 bits per heavy atom. The Bertz CT molecular complexity index is 811. The van der Waals surface area contributed by atoms with Gasteiger partial charge < -0.3 is 15.8 Å². The van der Waals surface area contributed by atoms with E-state index in [-0.39, 0.29) is 40.4 Å². The van der Waals surface area contributed by atoms with Crippen molar-refractivity contribution in [2.45, 2.75) is 70.4 Å². The van der Waals surface area contributed by atoms with Gasteiger partial charge in [0.1, 0.15) is 11.4 Å². The first-order chi connectivity index (χ1) is 12.5. The molecule has 0 spiro atoms. The molecule has 3 N–H and O–H groups in total. The molecule has 0 atom stereocenters. The van der Waals surface area contributed by atoms with E-state index in [4.69, 9.17) is 10.5 Å². The quantitative estimate of drug-likeness (QED) is 0.828. The van der Waals surface area contributed by atoms with Crippen LogP contribution < -0.4 is 11.1 Å². The molecule has 27 heavy (non-hydrogen) atoms. The summed E-state index contributed by atoms with van der Waals surface area (Å²) in [5, 5.41) is 3.24. The second-order valence-electron chi connectivity index (χ2n) is 7.86. The summed E-state index contributed by atoms with van der Waals surface area (Å²) in [6.45, 7) is 6.08.